The summed E-state index contributed by atoms with van der Waals surface area (Å²) >= 11 is 0. The smallest absolute Gasteiger partial charge is 0.158 e. The summed E-state index contributed by atoms with van der Waals surface area (Å²) in [6.45, 7) is 3.63. The molecule has 1 rings (SSSR count). The second-order valence-corrected chi connectivity index (χ2v) is 2.87. The molecule has 0 radical (unpaired) electrons. The lowest BCUT2D eigenvalue weighted by Crippen LogP contribution is -1.90. The highest BCUT2D eigenvalue weighted by molar-refractivity contribution is 5.97. The number of hydrogen-bond acceptors (Lipinski definition) is 1. The first-order chi connectivity index (χ1) is 5.34. The number of ketones is 1. The highest BCUT2D eigenvalue weighted by Gasteiger charge is 2.15. The Morgan fingerprint density at radius 1 is 1.36 bits per heavy atom. The first-order valence-corrected chi connectivity index (χ1v) is 4.17. The Bertz CT molecular complexity index is 189. The fraction of sp³-hybridized carbons (Fsp3) is 0.500. The predicted molar refractivity (Wildman–Crippen MR) is 46.4 cm³/mol. The van der Waals surface area contributed by atoms with Crippen molar-refractivity contribution in [3.63, 3.8) is 0 Å². The largest absolute Gasteiger partial charge is 0.295 e. The highest BCUT2D eigenvalue weighted by Crippen LogP contribution is 2.20. The molecule has 0 aliphatic heterocycles. The average molecular weight is 150 g/mol. The zero-order chi connectivity index (χ0) is 8.10. The van der Waals surface area contributed by atoms with Crippen molar-refractivity contribution in [3.05, 3.63) is 24.3 Å². The van der Waals surface area contributed by atoms with Gasteiger partial charge in [0.05, 0.1) is 0 Å². The summed E-state index contributed by atoms with van der Waals surface area (Å²) in [4.78, 5) is 11.1. The van der Waals surface area contributed by atoms with E-state index in [1.807, 2.05) is 6.08 Å². The molecular weight excluding hydrogens is 136 g/mol. The molecular formula is C10H14O. The Labute approximate surface area is 67.8 Å². The van der Waals surface area contributed by atoms with Crippen LogP contribution in [-0.4, -0.2) is 5.78 Å². The van der Waals surface area contributed by atoms with E-state index in [1.54, 1.807) is 0 Å². The minimum Gasteiger partial charge on any atom is -0.295 e. The minimum absolute atomic E-state index is 0.356. The Balaban J connectivity index is 2.38. The molecule has 0 aromatic carbocycles. The molecule has 0 atom stereocenters. The first-order valence-electron chi connectivity index (χ1n) is 4.17. The fourth-order valence-electron chi connectivity index (χ4n) is 1.33. The van der Waals surface area contributed by atoms with Crippen LogP contribution in [0.5, 0.6) is 0 Å². The van der Waals surface area contributed by atoms with Crippen molar-refractivity contribution in [2.45, 2.75) is 32.1 Å². The fourth-order valence-corrected chi connectivity index (χ4v) is 1.33. The lowest BCUT2D eigenvalue weighted by atomic mass is 10.1. The lowest BCUT2D eigenvalue weighted by molar-refractivity contribution is -0.114. The van der Waals surface area contributed by atoms with Crippen LogP contribution in [0.3, 0.4) is 0 Å². The molecule has 1 saturated carbocycles. The number of allylic oxidation sites excluding steroid dienone is 3. The van der Waals surface area contributed by atoms with Gasteiger partial charge in [0.1, 0.15) is 0 Å². The van der Waals surface area contributed by atoms with E-state index in [4.69, 9.17) is 0 Å². The molecule has 60 valence electrons. The quantitative estimate of drug-likeness (QED) is 0.343. The number of unbranched alkanes of at least 4 members (excludes halogenated alkanes) is 1. The summed E-state index contributed by atoms with van der Waals surface area (Å²) in [5.41, 5.74) is 1.05. The topological polar surface area (TPSA) is 17.1 Å². The summed E-state index contributed by atoms with van der Waals surface area (Å²) in [6.07, 6.45) is 8.73. The van der Waals surface area contributed by atoms with E-state index in [0.717, 1.165) is 37.7 Å². The molecule has 1 fully saturated rings. The monoisotopic (exact) mass is 150 g/mol. The van der Waals surface area contributed by atoms with Crippen LogP contribution in [0.2, 0.25) is 0 Å². The minimum atomic E-state index is 0.356. The van der Waals surface area contributed by atoms with E-state index in [0.29, 0.717) is 5.78 Å². The molecule has 1 aliphatic carbocycles. The second kappa shape index (κ2) is 4.12. The molecule has 1 heteroatoms. The van der Waals surface area contributed by atoms with E-state index in [9.17, 15) is 4.79 Å². The third-order valence-electron chi connectivity index (χ3n) is 1.97. The van der Waals surface area contributed by atoms with E-state index >= 15 is 0 Å². The van der Waals surface area contributed by atoms with Crippen LogP contribution in [0.15, 0.2) is 24.3 Å². The maximum atomic E-state index is 11.1. The van der Waals surface area contributed by atoms with Crippen LogP contribution in [0.4, 0.5) is 0 Å². The van der Waals surface area contributed by atoms with E-state index in [1.165, 1.54) is 0 Å². The van der Waals surface area contributed by atoms with E-state index < -0.39 is 0 Å². The SMILES string of the molecule is C=CCCC=C1CCCC1=O. The van der Waals surface area contributed by atoms with Gasteiger partial charge in [0.25, 0.3) is 0 Å². The van der Waals surface area contributed by atoms with Crippen molar-refractivity contribution in [3.8, 4) is 0 Å². The molecule has 0 heterocycles. The molecule has 0 aromatic heterocycles. The maximum Gasteiger partial charge on any atom is 0.158 e. The van der Waals surface area contributed by atoms with Gasteiger partial charge < -0.3 is 0 Å². The van der Waals surface area contributed by atoms with Crippen LogP contribution in [0, 0.1) is 0 Å². The van der Waals surface area contributed by atoms with Crippen molar-refractivity contribution in [2.24, 2.45) is 0 Å². The van der Waals surface area contributed by atoms with Crippen LogP contribution in [-0.2, 0) is 4.79 Å². The van der Waals surface area contributed by atoms with Gasteiger partial charge >= 0.3 is 0 Å². The molecule has 0 aromatic rings. The molecule has 0 N–H and O–H groups in total. The Morgan fingerprint density at radius 2 is 2.18 bits per heavy atom. The van der Waals surface area contributed by atoms with Gasteiger partial charge in [-0.2, -0.15) is 0 Å². The van der Waals surface area contributed by atoms with Gasteiger partial charge in [-0.15, -0.1) is 6.58 Å². The van der Waals surface area contributed by atoms with Crippen molar-refractivity contribution in [1.29, 1.82) is 0 Å². The van der Waals surface area contributed by atoms with Crippen LogP contribution >= 0.6 is 0 Å². The van der Waals surface area contributed by atoms with Crippen molar-refractivity contribution in [2.75, 3.05) is 0 Å². The zero-order valence-electron chi connectivity index (χ0n) is 6.81. The highest BCUT2D eigenvalue weighted by atomic mass is 16.1. The summed E-state index contributed by atoms with van der Waals surface area (Å²) in [6, 6.07) is 0. The van der Waals surface area contributed by atoms with Crippen molar-refractivity contribution in [1.82, 2.24) is 0 Å². The summed E-state index contributed by atoms with van der Waals surface area (Å²) < 4.78 is 0. The standard InChI is InChI=1S/C10H14O/c1-2-3-4-6-9-7-5-8-10(9)11/h2,6H,1,3-5,7-8H2. The average Bonchev–Trinajstić information content (AvgIpc) is 2.37. The van der Waals surface area contributed by atoms with Crippen LogP contribution in [0.1, 0.15) is 32.1 Å². The van der Waals surface area contributed by atoms with Gasteiger partial charge in [-0.05, 0) is 31.3 Å². The molecule has 0 unspecified atom stereocenters. The van der Waals surface area contributed by atoms with Crippen LogP contribution < -0.4 is 0 Å². The lowest BCUT2D eigenvalue weighted by Gasteiger charge is -1.91. The normalized spacial score (nSPS) is 21.1. The molecule has 0 spiro atoms. The van der Waals surface area contributed by atoms with Crippen molar-refractivity contribution < 1.29 is 4.79 Å². The third-order valence-corrected chi connectivity index (χ3v) is 1.97. The number of rotatable bonds is 3. The van der Waals surface area contributed by atoms with Gasteiger partial charge in [-0.3, -0.25) is 4.79 Å². The Morgan fingerprint density at radius 3 is 2.73 bits per heavy atom. The molecule has 11 heavy (non-hydrogen) atoms. The van der Waals surface area contributed by atoms with Crippen molar-refractivity contribution >= 4 is 5.78 Å². The van der Waals surface area contributed by atoms with Gasteiger partial charge in [-0.1, -0.05) is 12.2 Å². The summed E-state index contributed by atoms with van der Waals surface area (Å²) in [5.74, 6) is 0.356. The number of carbonyl (C=O) groups excluding carboxylic acids is 1. The van der Waals surface area contributed by atoms with Gasteiger partial charge in [0.15, 0.2) is 5.78 Å². The number of Topliss-reactive ketones (excluding diaryl/α,β-unsaturated/α-hetero) is 1. The zero-order valence-corrected chi connectivity index (χ0v) is 6.81. The predicted octanol–water partition coefficient (Wildman–Crippen LogP) is 2.63. The maximum absolute atomic E-state index is 11.1. The van der Waals surface area contributed by atoms with E-state index in [2.05, 4.69) is 12.7 Å². The second-order valence-electron chi connectivity index (χ2n) is 2.87. The molecule has 0 bridgehead atoms. The number of hydrogen-bond donors (Lipinski definition) is 0. The molecule has 1 aliphatic rings. The molecule has 1 nitrogen and oxygen atoms in total. The van der Waals surface area contributed by atoms with Gasteiger partial charge in [-0.25, -0.2) is 0 Å². The molecule has 0 amide bonds. The summed E-state index contributed by atoms with van der Waals surface area (Å²) in [7, 11) is 0. The third kappa shape index (κ3) is 2.34. The Kier molecular flexibility index (Phi) is 3.09. The van der Waals surface area contributed by atoms with Crippen LogP contribution in [0.25, 0.3) is 0 Å². The van der Waals surface area contributed by atoms with Gasteiger partial charge in [0, 0.05) is 6.42 Å². The summed E-state index contributed by atoms with van der Waals surface area (Å²) in [5, 5.41) is 0. The molecule has 0 saturated heterocycles. The number of carbonyl (C=O) groups is 1. The first kappa shape index (κ1) is 8.25. The van der Waals surface area contributed by atoms with E-state index in [-0.39, 0.29) is 0 Å². The Hall–Kier alpha value is -0.850. The van der Waals surface area contributed by atoms with Gasteiger partial charge in [0.2, 0.25) is 0 Å².